The molecule has 0 aliphatic rings. The normalized spacial score (nSPS) is 11.8. The molecule has 0 unspecified atom stereocenters. The van der Waals surface area contributed by atoms with Crippen molar-refractivity contribution in [3.63, 3.8) is 0 Å². The molecule has 140 valence electrons. The number of aromatic nitrogens is 1. The van der Waals surface area contributed by atoms with E-state index in [1.807, 2.05) is 32.9 Å². The second-order valence-corrected chi connectivity index (χ2v) is 6.30. The van der Waals surface area contributed by atoms with E-state index in [1.54, 1.807) is 12.1 Å². The van der Waals surface area contributed by atoms with Gasteiger partial charge in [0.15, 0.2) is 5.75 Å². The summed E-state index contributed by atoms with van der Waals surface area (Å²) in [4.78, 5) is 14.4. The maximum Gasteiger partial charge on any atom is 0.574 e. The van der Waals surface area contributed by atoms with E-state index in [0.29, 0.717) is 5.75 Å². The molecule has 0 atom stereocenters. The first-order valence-corrected chi connectivity index (χ1v) is 7.46. The number of benzene rings is 1. The van der Waals surface area contributed by atoms with Gasteiger partial charge in [-0.3, -0.25) is 0 Å². The molecule has 0 aliphatic heterocycles. The van der Waals surface area contributed by atoms with Gasteiger partial charge in [0.05, 0.1) is 0 Å². The number of pyridine rings is 1. The van der Waals surface area contributed by atoms with Crippen LogP contribution in [0.5, 0.6) is 23.3 Å². The summed E-state index contributed by atoms with van der Waals surface area (Å²) in [7, 11) is 0. The number of nitrogens with zero attached hydrogens (tertiary/aromatic N) is 1. The van der Waals surface area contributed by atoms with Gasteiger partial charge in [-0.2, -0.15) is 4.98 Å². The molecular weight excluding hydrogens is 353 g/mol. The van der Waals surface area contributed by atoms with Gasteiger partial charge in [0.25, 0.3) is 5.88 Å². The molecule has 0 saturated carbocycles. The number of carbonyl (C=O) groups excluding carboxylic acids is 1. The number of nitrogens with two attached hydrogens (primary N) is 1. The van der Waals surface area contributed by atoms with Gasteiger partial charge in [-0.1, -0.05) is 32.9 Å². The van der Waals surface area contributed by atoms with Crippen molar-refractivity contribution in [2.24, 2.45) is 5.73 Å². The van der Waals surface area contributed by atoms with Gasteiger partial charge >= 0.3 is 12.5 Å². The Morgan fingerprint density at radius 3 is 2.15 bits per heavy atom. The molecule has 1 amide bonds. The molecule has 9 heteroatoms. The number of carbonyl (C=O) groups is 1. The minimum absolute atomic E-state index is 0.0573. The summed E-state index contributed by atoms with van der Waals surface area (Å²) in [5.41, 5.74) is 5.81. The van der Waals surface area contributed by atoms with E-state index in [-0.39, 0.29) is 11.3 Å². The Balaban J connectivity index is 2.26. The average Bonchev–Trinajstić information content (AvgIpc) is 2.47. The largest absolute Gasteiger partial charge is 0.574 e. The minimum atomic E-state index is -5.03. The van der Waals surface area contributed by atoms with E-state index in [1.165, 1.54) is 6.07 Å². The summed E-state index contributed by atoms with van der Waals surface area (Å²) in [5, 5.41) is 0. The van der Waals surface area contributed by atoms with Crippen LogP contribution in [0.2, 0.25) is 0 Å². The molecule has 1 aromatic heterocycles. The molecule has 6 nitrogen and oxygen atoms in total. The summed E-state index contributed by atoms with van der Waals surface area (Å²) in [6.45, 7) is 6.13. The van der Waals surface area contributed by atoms with Crippen molar-refractivity contribution in [1.29, 1.82) is 0 Å². The highest BCUT2D eigenvalue weighted by atomic mass is 19.4. The van der Waals surface area contributed by atoms with Crippen molar-refractivity contribution in [2.45, 2.75) is 32.5 Å². The third kappa shape index (κ3) is 5.54. The molecule has 0 fully saturated rings. The first-order valence-electron chi connectivity index (χ1n) is 7.46. The molecule has 26 heavy (non-hydrogen) atoms. The third-order valence-corrected chi connectivity index (χ3v) is 3.17. The smallest absolute Gasteiger partial charge is 0.439 e. The molecule has 0 spiro atoms. The highest BCUT2D eigenvalue weighted by molar-refractivity contribution is 5.68. The van der Waals surface area contributed by atoms with Crippen molar-refractivity contribution in [1.82, 2.24) is 4.98 Å². The van der Waals surface area contributed by atoms with E-state index in [0.717, 1.165) is 11.6 Å². The Hall–Kier alpha value is -2.97. The lowest BCUT2D eigenvalue weighted by Crippen LogP contribution is -2.21. The van der Waals surface area contributed by atoms with E-state index in [9.17, 15) is 18.0 Å². The number of alkyl halides is 3. The van der Waals surface area contributed by atoms with E-state index < -0.39 is 24.1 Å². The van der Waals surface area contributed by atoms with E-state index in [4.69, 9.17) is 10.5 Å². The first-order chi connectivity index (χ1) is 11.9. The zero-order chi connectivity index (χ0) is 19.5. The van der Waals surface area contributed by atoms with Gasteiger partial charge in [-0.05, 0) is 29.2 Å². The van der Waals surface area contributed by atoms with Crippen LogP contribution >= 0.6 is 0 Å². The molecule has 2 N–H and O–H groups in total. The van der Waals surface area contributed by atoms with Gasteiger partial charge in [0.2, 0.25) is 5.88 Å². The maximum absolute atomic E-state index is 12.5. The summed E-state index contributed by atoms with van der Waals surface area (Å²) >= 11 is 0. The van der Waals surface area contributed by atoms with Crippen molar-refractivity contribution in [3.05, 3.63) is 42.0 Å². The van der Waals surface area contributed by atoms with Crippen LogP contribution in [-0.2, 0) is 5.41 Å². The van der Waals surface area contributed by atoms with Crippen LogP contribution in [0.15, 0.2) is 36.4 Å². The van der Waals surface area contributed by atoms with Crippen LogP contribution in [0.4, 0.5) is 18.0 Å². The maximum atomic E-state index is 12.5. The summed E-state index contributed by atoms with van der Waals surface area (Å²) in [5.74, 6) is -1.37. The second-order valence-electron chi connectivity index (χ2n) is 6.30. The number of amides is 1. The fraction of sp³-hybridized carbons (Fsp3) is 0.294. The SMILES string of the molecule is CC(C)(C)c1ccc(Oc2ccc(OC(N)=O)c(OC(F)(F)F)n2)cc1. The minimum Gasteiger partial charge on any atom is -0.439 e. The fourth-order valence-corrected chi connectivity index (χ4v) is 1.98. The van der Waals surface area contributed by atoms with E-state index in [2.05, 4.69) is 14.5 Å². The lowest BCUT2D eigenvalue weighted by molar-refractivity contribution is -0.276. The second kappa shape index (κ2) is 7.11. The van der Waals surface area contributed by atoms with Gasteiger partial charge in [-0.15, -0.1) is 13.2 Å². The number of primary amides is 1. The number of hydrogen-bond donors (Lipinski definition) is 1. The number of ether oxygens (including phenoxy) is 3. The van der Waals surface area contributed by atoms with E-state index >= 15 is 0 Å². The van der Waals surface area contributed by atoms with Crippen LogP contribution in [0.25, 0.3) is 0 Å². The quantitative estimate of drug-likeness (QED) is 0.855. The average molecular weight is 370 g/mol. The monoisotopic (exact) mass is 370 g/mol. The summed E-state index contributed by atoms with van der Waals surface area (Å²) in [6, 6.07) is 9.28. The zero-order valence-electron chi connectivity index (χ0n) is 14.3. The van der Waals surface area contributed by atoms with Gasteiger partial charge in [0.1, 0.15) is 5.75 Å². The Morgan fingerprint density at radius 1 is 1.04 bits per heavy atom. The Morgan fingerprint density at radius 2 is 1.65 bits per heavy atom. The fourth-order valence-electron chi connectivity index (χ4n) is 1.98. The predicted octanol–water partition coefficient (Wildman–Crippen LogP) is 4.53. The summed E-state index contributed by atoms with van der Waals surface area (Å²) < 4.78 is 51.1. The molecule has 1 heterocycles. The highest BCUT2D eigenvalue weighted by Gasteiger charge is 2.34. The first kappa shape index (κ1) is 19.4. The zero-order valence-corrected chi connectivity index (χ0v) is 14.3. The van der Waals surface area contributed by atoms with Crippen molar-refractivity contribution in [3.8, 4) is 23.3 Å². The van der Waals surface area contributed by atoms with Crippen LogP contribution in [-0.4, -0.2) is 17.4 Å². The predicted molar refractivity (Wildman–Crippen MR) is 86.3 cm³/mol. The molecule has 0 bridgehead atoms. The van der Waals surface area contributed by atoms with Crippen molar-refractivity contribution in [2.75, 3.05) is 0 Å². The van der Waals surface area contributed by atoms with Crippen LogP contribution in [0.3, 0.4) is 0 Å². The van der Waals surface area contributed by atoms with Crippen LogP contribution in [0.1, 0.15) is 26.3 Å². The van der Waals surface area contributed by atoms with Crippen LogP contribution in [0, 0.1) is 0 Å². The lowest BCUT2D eigenvalue weighted by Gasteiger charge is -2.19. The van der Waals surface area contributed by atoms with Gasteiger partial charge < -0.3 is 19.9 Å². The molecular formula is C17H17F3N2O4. The molecule has 0 saturated heterocycles. The van der Waals surface area contributed by atoms with Gasteiger partial charge in [0, 0.05) is 6.07 Å². The Kier molecular flexibility index (Phi) is 5.29. The Labute approximate surface area is 147 Å². The van der Waals surface area contributed by atoms with Crippen molar-refractivity contribution >= 4 is 6.09 Å². The number of hydrogen-bond acceptors (Lipinski definition) is 5. The Bertz CT molecular complexity index is 784. The van der Waals surface area contributed by atoms with Gasteiger partial charge in [-0.25, -0.2) is 4.79 Å². The number of halogens is 3. The molecule has 1 aromatic carbocycles. The standard InChI is InChI=1S/C17H17F3N2O4/c1-16(2,3)10-4-6-11(7-5-10)24-13-9-8-12(25-15(21)23)14(22-13)26-17(18,19)20/h4-9H,1-3H3,(H2,21,23). The topological polar surface area (TPSA) is 83.7 Å². The van der Waals surface area contributed by atoms with Crippen LogP contribution < -0.4 is 19.9 Å². The number of rotatable bonds is 4. The lowest BCUT2D eigenvalue weighted by atomic mass is 9.87. The summed E-state index contributed by atoms with van der Waals surface area (Å²) in [6.07, 6.45) is -6.33. The highest BCUT2D eigenvalue weighted by Crippen LogP contribution is 2.34. The molecule has 0 aliphatic carbocycles. The molecule has 2 rings (SSSR count). The molecule has 0 radical (unpaired) electrons. The molecule has 2 aromatic rings. The van der Waals surface area contributed by atoms with Crippen molar-refractivity contribution < 1.29 is 32.2 Å². The third-order valence-electron chi connectivity index (χ3n) is 3.17.